The van der Waals surface area contributed by atoms with Gasteiger partial charge in [0.25, 0.3) is 5.89 Å². The highest BCUT2D eigenvalue weighted by atomic mass is 32.1. The summed E-state index contributed by atoms with van der Waals surface area (Å²) in [4.78, 5) is 17.5. The molecule has 0 aliphatic heterocycles. The fourth-order valence-electron chi connectivity index (χ4n) is 1.62. The summed E-state index contributed by atoms with van der Waals surface area (Å²) in [5.74, 6) is 1.48. The van der Waals surface area contributed by atoms with Crippen LogP contribution in [0.25, 0.3) is 22.3 Å². The van der Waals surface area contributed by atoms with Crippen molar-refractivity contribution in [1.82, 2.24) is 25.1 Å². The highest BCUT2D eigenvalue weighted by Crippen LogP contribution is 2.30. The van der Waals surface area contributed by atoms with Crippen molar-refractivity contribution in [2.45, 2.75) is 13.8 Å². The highest BCUT2D eigenvalue weighted by molar-refractivity contribution is 7.18. The smallest absolute Gasteiger partial charge is 0.270 e. The van der Waals surface area contributed by atoms with E-state index in [0.29, 0.717) is 28.4 Å². The lowest BCUT2D eigenvalue weighted by atomic mass is 10.3. The minimum absolute atomic E-state index is 0.401. The van der Waals surface area contributed by atoms with Gasteiger partial charge in [-0.25, -0.2) is 15.0 Å². The van der Waals surface area contributed by atoms with Crippen LogP contribution < -0.4 is 5.73 Å². The number of rotatable bonds is 2. The Labute approximate surface area is 112 Å². The van der Waals surface area contributed by atoms with Crippen molar-refractivity contribution in [3.63, 3.8) is 0 Å². The largest absolute Gasteiger partial charge is 0.375 e. The van der Waals surface area contributed by atoms with Crippen molar-refractivity contribution in [2.24, 2.45) is 0 Å². The van der Waals surface area contributed by atoms with Gasteiger partial charge in [-0.05, 0) is 19.9 Å². The number of hydrogen-bond donors (Lipinski definition) is 1. The maximum absolute atomic E-state index is 5.65. The number of aryl methyl sites for hydroxylation is 2. The normalized spacial score (nSPS) is 10.8. The van der Waals surface area contributed by atoms with Crippen molar-refractivity contribution < 1.29 is 4.52 Å². The zero-order chi connectivity index (χ0) is 13.4. The van der Waals surface area contributed by atoms with Gasteiger partial charge in [0.2, 0.25) is 5.82 Å². The van der Waals surface area contributed by atoms with Crippen LogP contribution in [0.4, 0.5) is 5.13 Å². The maximum Gasteiger partial charge on any atom is 0.270 e. The predicted molar refractivity (Wildman–Crippen MR) is 70.3 cm³/mol. The summed E-state index contributed by atoms with van der Waals surface area (Å²) in [6, 6.07) is 1.73. The van der Waals surface area contributed by atoms with E-state index >= 15 is 0 Å². The number of aromatic nitrogens is 5. The third-order valence-corrected chi connectivity index (χ3v) is 3.41. The molecular formula is C11H10N6OS. The van der Waals surface area contributed by atoms with Crippen molar-refractivity contribution in [3.8, 4) is 22.3 Å². The maximum atomic E-state index is 5.65. The molecule has 3 heterocycles. The van der Waals surface area contributed by atoms with Gasteiger partial charge in [0.05, 0.1) is 5.69 Å². The Balaban J connectivity index is 2.02. The van der Waals surface area contributed by atoms with Gasteiger partial charge < -0.3 is 10.3 Å². The van der Waals surface area contributed by atoms with Gasteiger partial charge in [-0.1, -0.05) is 16.5 Å². The van der Waals surface area contributed by atoms with Crippen molar-refractivity contribution in [3.05, 3.63) is 23.8 Å². The van der Waals surface area contributed by atoms with E-state index < -0.39 is 0 Å². The van der Waals surface area contributed by atoms with Crippen LogP contribution in [0, 0.1) is 13.8 Å². The molecule has 0 amide bonds. The standard InChI is InChI=1S/C11H10N6OS/c1-5-8(19-11(12)14-5)10-16-9(17-18-10)7-3-4-13-6(2)15-7/h3-4H,1-2H3,(H2,12,14). The third kappa shape index (κ3) is 2.17. The minimum Gasteiger partial charge on any atom is -0.375 e. The molecule has 96 valence electrons. The van der Waals surface area contributed by atoms with Gasteiger partial charge in [-0.15, -0.1) is 0 Å². The molecule has 0 radical (unpaired) electrons. The summed E-state index contributed by atoms with van der Waals surface area (Å²) in [5, 5.41) is 4.39. The quantitative estimate of drug-likeness (QED) is 0.760. The zero-order valence-electron chi connectivity index (χ0n) is 10.3. The van der Waals surface area contributed by atoms with E-state index in [0.717, 1.165) is 10.6 Å². The molecule has 3 aromatic rings. The first-order chi connectivity index (χ1) is 9.13. The van der Waals surface area contributed by atoms with Crippen LogP contribution in [-0.4, -0.2) is 25.1 Å². The van der Waals surface area contributed by atoms with E-state index in [1.165, 1.54) is 11.3 Å². The van der Waals surface area contributed by atoms with Crippen LogP contribution in [0.15, 0.2) is 16.8 Å². The van der Waals surface area contributed by atoms with Gasteiger partial charge in [0, 0.05) is 6.20 Å². The lowest BCUT2D eigenvalue weighted by Gasteiger charge is -1.93. The van der Waals surface area contributed by atoms with E-state index in [1.54, 1.807) is 19.2 Å². The fraction of sp³-hybridized carbons (Fsp3) is 0.182. The Morgan fingerprint density at radius 2 is 2.05 bits per heavy atom. The molecule has 0 aliphatic rings. The van der Waals surface area contributed by atoms with Gasteiger partial charge in [0.15, 0.2) is 5.13 Å². The molecule has 0 atom stereocenters. The first-order valence-corrected chi connectivity index (χ1v) is 6.32. The average molecular weight is 274 g/mol. The summed E-state index contributed by atoms with van der Waals surface area (Å²) >= 11 is 1.32. The Kier molecular flexibility index (Phi) is 2.71. The number of nitrogen functional groups attached to an aromatic ring is 1. The minimum atomic E-state index is 0.401. The summed E-state index contributed by atoms with van der Waals surface area (Å²) in [5.41, 5.74) is 7.05. The molecule has 8 heteroatoms. The fourth-order valence-corrected chi connectivity index (χ4v) is 2.37. The van der Waals surface area contributed by atoms with Crippen molar-refractivity contribution >= 4 is 16.5 Å². The molecule has 7 nitrogen and oxygen atoms in total. The summed E-state index contributed by atoms with van der Waals surface area (Å²) < 4.78 is 5.23. The van der Waals surface area contributed by atoms with Crippen LogP contribution in [0.3, 0.4) is 0 Å². The summed E-state index contributed by atoms with van der Waals surface area (Å²) in [7, 11) is 0. The molecule has 0 bridgehead atoms. The van der Waals surface area contributed by atoms with Gasteiger partial charge in [-0.2, -0.15) is 4.98 Å². The van der Waals surface area contributed by atoms with Gasteiger partial charge in [0.1, 0.15) is 16.4 Å². The topological polar surface area (TPSA) is 104 Å². The first-order valence-electron chi connectivity index (χ1n) is 5.50. The molecular weight excluding hydrogens is 264 g/mol. The molecule has 3 aromatic heterocycles. The SMILES string of the molecule is Cc1nccc(-c2noc(-c3sc(N)nc3C)n2)n1. The van der Waals surface area contributed by atoms with Crippen molar-refractivity contribution in [1.29, 1.82) is 0 Å². The number of hydrogen-bond acceptors (Lipinski definition) is 8. The summed E-state index contributed by atoms with van der Waals surface area (Å²) in [6.45, 7) is 3.65. The lowest BCUT2D eigenvalue weighted by molar-refractivity contribution is 0.432. The van der Waals surface area contributed by atoms with Crippen LogP contribution >= 0.6 is 11.3 Å². The summed E-state index contributed by atoms with van der Waals surface area (Å²) in [6.07, 6.45) is 1.66. The van der Waals surface area contributed by atoms with E-state index in [1.807, 2.05) is 6.92 Å². The molecule has 3 rings (SSSR count). The second kappa shape index (κ2) is 4.39. The third-order valence-electron chi connectivity index (χ3n) is 2.44. The second-order valence-electron chi connectivity index (χ2n) is 3.88. The second-order valence-corrected chi connectivity index (χ2v) is 4.91. The Morgan fingerprint density at radius 1 is 1.21 bits per heavy atom. The van der Waals surface area contributed by atoms with Gasteiger partial charge >= 0.3 is 0 Å². The highest BCUT2D eigenvalue weighted by Gasteiger charge is 2.16. The number of nitrogens with two attached hydrogens (primary N) is 1. The van der Waals surface area contributed by atoms with Crippen LogP contribution in [-0.2, 0) is 0 Å². The molecule has 0 aromatic carbocycles. The Morgan fingerprint density at radius 3 is 2.74 bits per heavy atom. The monoisotopic (exact) mass is 274 g/mol. The Bertz CT molecular complexity index is 734. The average Bonchev–Trinajstić information content (AvgIpc) is 2.96. The first kappa shape index (κ1) is 11.7. The molecule has 19 heavy (non-hydrogen) atoms. The molecule has 0 unspecified atom stereocenters. The van der Waals surface area contributed by atoms with Crippen LogP contribution in [0.1, 0.15) is 11.5 Å². The molecule has 2 N–H and O–H groups in total. The van der Waals surface area contributed by atoms with E-state index in [4.69, 9.17) is 10.3 Å². The van der Waals surface area contributed by atoms with Crippen LogP contribution in [0.5, 0.6) is 0 Å². The molecule has 0 spiro atoms. The molecule has 0 aliphatic carbocycles. The van der Waals surface area contributed by atoms with E-state index in [2.05, 4.69) is 25.1 Å². The van der Waals surface area contributed by atoms with E-state index in [-0.39, 0.29) is 0 Å². The van der Waals surface area contributed by atoms with Crippen LogP contribution in [0.2, 0.25) is 0 Å². The molecule has 0 saturated heterocycles. The predicted octanol–water partition coefficient (Wildman–Crippen LogP) is 1.85. The lowest BCUT2D eigenvalue weighted by Crippen LogP contribution is -1.91. The molecule has 0 saturated carbocycles. The number of thiazole rings is 1. The van der Waals surface area contributed by atoms with Gasteiger partial charge in [-0.3, -0.25) is 0 Å². The number of nitrogens with zero attached hydrogens (tertiary/aromatic N) is 5. The molecule has 0 fully saturated rings. The van der Waals surface area contributed by atoms with Crippen molar-refractivity contribution in [2.75, 3.05) is 5.73 Å². The zero-order valence-corrected chi connectivity index (χ0v) is 11.1. The van der Waals surface area contributed by atoms with E-state index in [9.17, 15) is 0 Å². The Hall–Kier alpha value is -2.35. The number of anilines is 1.